The van der Waals surface area contributed by atoms with Crippen LogP contribution >= 0.6 is 11.8 Å². The molecule has 0 bridgehead atoms. The number of nitrogens with zero attached hydrogens (tertiary/aromatic N) is 4. The number of aromatic nitrogens is 3. The number of nitrogens with one attached hydrogen (secondary N) is 1. The fraction of sp³-hybridized carbons (Fsp3) is 0.100. The van der Waals surface area contributed by atoms with Crippen LogP contribution < -0.4 is 5.43 Å². The van der Waals surface area contributed by atoms with E-state index < -0.39 is 0 Å². The predicted molar refractivity (Wildman–Crippen MR) is 108 cm³/mol. The first-order chi connectivity index (χ1) is 14.1. The molecule has 0 spiro atoms. The zero-order valence-electron chi connectivity index (χ0n) is 15.3. The highest BCUT2D eigenvalue weighted by Crippen LogP contribution is 2.24. The van der Waals surface area contributed by atoms with Crippen molar-refractivity contribution in [2.75, 3.05) is 5.75 Å². The Hall–Kier alpha value is -3.33. The van der Waals surface area contributed by atoms with E-state index in [0.29, 0.717) is 28.7 Å². The molecule has 0 unspecified atom stereocenters. The maximum atomic E-state index is 13.2. The molecule has 29 heavy (non-hydrogen) atoms. The normalized spacial score (nSPS) is 11.0. The van der Waals surface area contributed by atoms with E-state index in [-0.39, 0.29) is 23.3 Å². The van der Waals surface area contributed by atoms with Crippen molar-refractivity contribution in [3.05, 3.63) is 78.4 Å². The predicted octanol–water partition coefficient (Wildman–Crippen LogP) is 3.65. The first-order valence-electron chi connectivity index (χ1n) is 8.57. The van der Waals surface area contributed by atoms with Gasteiger partial charge in [-0.05, 0) is 42.0 Å². The van der Waals surface area contributed by atoms with Gasteiger partial charge in [-0.2, -0.15) is 5.10 Å². The van der Waals surface area contributed by atoms with Crippen molar-refractivity contribution in [2.45, 2.75) is 11.7 Å². The van der Waals surface area contributed by atoms with Gasteiger partial charge in [-0.25, -0.2) is 14.2 Å². The van der Waals surface area contributed by atoms with Gasteiger partial charge in [0, 0.05) is 12.1 Å². The minimum atomic E-state index is -0.341. The minimum Gasteiger partial charge on any atom is -0.298 e. The summed E-state index contributed by atoms with van der Waals surface area (Å²) in [6.07, 6.45) is 3.11. The standard InChI is InChI=1S/C20H17F2N5OS/c1-2-11-27-19(15-5-9-17(22)10-6-15)25-26-20(27)29-13-18(28)24-23-12-14-3-7-16(21)8-4-14/h2-10,12H,1,11,13H2,(H,24,28)/b23-12+. The van der Waals surface area contributed by atoms with Crippen molar-refractivity contribution >= 4 is 23.9 Å². The summed E-state index contributed by atoms with van der Waals surface area (Å²) in [4.78, 5) is 12.0. The van der Waals surface area contributed by atoms with Gasteiger partial charge in [-0.1, -0.05) is 30.0 Å². The second kappa shape index (κ2) is 9.74. The quantitative estimate of drug-likeness (QED) is 0.265. The van der Waals surface area contributed by atoms with E-state index in [2.05, 4.69) is 27.3 Å². The number of hydrazone groups is 1. The number of benzene rings is 2. The van der Waals surface area contributed by atoms with E-state index in [1.165, 1.54) is 42.2 Å². The largest absolute Gasteiger partial charge is 0.298 e. The van der Waals surface area contributed by atoms with Crippen molar-refractivity contribution < 1.29 is 13.6 Å². The van der Waals surface area contributed by atoms with Gasteiger partial charge in [0.25, 0.3) is 5.91 Å². The number of hydrogen-bond donors (Lipinski definition) is 1. The first-order valence-corrected chi connectivity index (χ1v) is 9.55. The molecule has 9 heteroatoms. The lowest BCUT2D eigenvalue weighted by Gasteiger charge is -2.07. The second-order valence-electron chi connectivity index (χ2n) is 5.85. The molecule has 0 saturated heterocycles. The van der Waals surface area contributed by atoms with Crippen LogP contribution in [0.15, 0.2) is 71.4 Å². The van der Waals surface area contributed by atoms with E-state index in [0.717, 1.165) is 0 Å². The minimum absolute atomic E-state index is 0.0689. The van der Waals surface area contributed by atoms with Crippen LogP contribution in [-0.2, 0) is 11.3 Å². The highest BCUT2D eigenvalue weighted by atomic mass is 32.2. The molecule has 3 aromatic rings. The summed E-state index contributed by atoms with van der Waals surface area (Å²) in [5.41, 5.74) is 3.78. The third-order valence-electron chi connectivity index (χ3n) is 3.74. The zero-order chi connectivity index (χ0) is 20.6. The van der Waals surface area contributed by atoms with Crippen LogP contribution in [0.25, 0.3) is 11.4 Å². The van der Waals surface area contributed by atoms with Crippen molar-refractivity contribution in [3.8, 4) is 11.4 Å². The molecule has 3 rings (SSSR count). The van der Waals surface area contributed by atoms with Crippen LogP contribution in [0.3, 0.4) is 0 Å². The van der Waals surface area contributed by atoms with E-state index in [4.69, 9.17) is 0 Å². The maximum absolute atomic E-state index is 13.2. The molecule has 0 fully saturated rings. The third kappa shape index (κ3) is 5.58. The van der Waals surface area contributed by atoms with Crippen molar-refractivity contribution in [3.63, 3.8) is 0 Å². The van der Waals surface area contributed by atoms with Crippen LogP contribution in [-0.4, -0.2) is 32.6 Å². The molecule has 2 aromatic carbocycles. The average Bonchev–Trinajstić information content (AvgIpc) is 3.11. The fourth-order valence-electron chi connectivity index (χ4n) is 2.39. The van der Waals surface area contributed by atoms with Gasteiger partial charge in [0.05, 0.1) is 12.0 Å². The summed E-state index contributed by atoms with van der Waals surface area (Å²) >= 11 is 1.19. The van der Waals surface area contributed by atoms with Gasteiger partial charge >= 0.3 is 0 Å². The van der Waals surface area contributed by atoms with Crippen molar-refractivity contribution in [1.82, 2.24) is 20.2 Å². The Morgan fingerprint density at radius 3 is 2.41 bits per heavy atom. The summed E-state index contributed by atoms with van der Waals surface area (Å²) in [6.45, 7) is 4.16. The lowest BCUT2D eigenvalue weighted by Crippen LogP contribution is -2.20. The van der Waals surface area contributed by atoms with Crippen LogP contribution in [0.4, 0.5) is 8.78 Å². The number of thioether (sulfide) groups is 1. The zero-order valence-corrected chi connectivity index (χ0v) is 16.1. The van der Waals surface area contributed by atoms with Crippen LogP contribution in [0.1, 0.15) is 5.56 Å². The third-order valence-corrected chi connectivity index (χ3v) is 4.70. The Balaban J connectivity index is 1.62. The van der Waals surface area contributed by atoms with Crippen molar-refractivity contribution in [2.24, 2.45) is 5.10 Å². The molecule has 6 nitrogen and oxygen atoms in total. The molecule has 0 aliphatic rings. The number of rotatable bonds is 8. The highest BCUT2D eigenvalue weighted by Gasteiger charge is 2.15. The molecule has 0 saturated carbocycles. The molecule has 1 amide bonds. The molecular formula is C20H17F2N5OS. The molecule has 1 heterocycles. The molecular weight excluding hydrogens is 396 g/mol. The van der Waals surface area contributed by atoms with Crippen LogP contribution in [0.5, 0.6) is 0 Å². The monoisotopic (exact) mass is 413 g/mol. The summed E-state index contributed by atoms with van der Waals surface area (Å²) in [6, 6.07) is 11.6. The highest BCUT2D eigenvalue weighted by molar-refractivity contribution is 7.99. The van der Waals surface area contributed by atoms with Gasteiger partial charge < -0.3 is 0 Å². The molecule has 1 N–H and O–H groups in total. The summed E-state index contributed by atoms with van der Waals surface area (Å²) in [5.74, 6) is -0.381. The number of hydrogen-bond acceptors (Lipinski definition) is 5. The maximum Gasteiger partial charge on any atom is 0.250 e. The van der Waals surface area contributed by atoms with Gasteiger partial charge in [0.1, 0.15) is 11.6 Å². The molecule has 0 radical (unpaired) electrons. The number of amides is 1. The topological polar surface area (TPSA) is 72.2 Å². The molecule has 0 atom stereocenters. The molecule has 0 aliphatic carbocycles. The number of carbonyl (C=O) groups excluding carboxylic acids is 1. The number of halogens is 2. The number of carbonyl (C=O) groups is 1. The fourth-order valence-corrected chi connectivity index (χ4v) is 3.13. The Labute approximate surface area is 170 Å². The van der Waals surface area contributed by atoms with E-state index in [1.807, 2.05) is 0 Å². The van der Waals surface area contributed by atoms with E-state index in [1.54, 1.807) is 34.9 Å². The lowest BCUT2D eigenvalue weighted by molar-refractivity contribution is -0.118. The van der Waals surface area contributed by atoms with Crippen molar-refractivity contribution in [1.29, 1.82) is 0 Å². The van der Waals surface area contributed by atoms with E-state index in [9.17, 15) is 13.6 Å². The average molecular weight is 413 g/mol. The summed E-state index contributed by atoms with van der Waals surface area (Å²) in [5, 5.41) is 12.7. The van der Waals surface area contributed by atoms with Gasteiger partial charge in [0.15, 0.2) is 11.0 Å². The second-order valence-corrected chi connectivity index (χ2v) is 6.79. The Kier molecular flexibility index (Phi) is 6.85. The van der Waals surface area contributed by atoms with Gasteiger partial charge in [-0.3, -0.25) is 9.36 Å². The van der Waals surface area contributed by atoms with E-state index >= 15 is 0 Å². The Morgan fingerprint density at radius 2 is 1.76 bits per heavy atom. The molecule has 1 aromatic heterocycles. The molecule has 148 valence electrons. The SMILES string of the molecule is C=CCn1c(SCC(=O)N/N=C/c2ccc(F)cc2)nnc1-c1ccc(F)cc1. The summed E-state index contributed by atoms with van der Waals surface area (Å²) in [7, 11) is 0. The van der Waals surface area contributed by atoms with Crippen LogP contribution in [0.2, 0.25) is 0 Å². The summed E-state index contributed by atoms with van der Waals surface area (Å²) < 4.78 is 27.8. The Morgan fingerprint density at radius 1 is 1.10 bits per heavy atom. The van der Waals surface area contributed by atoms with Crippen LogP contribution in [0, 0.1) is 11.6 Å². The Bertz CT molecular complexity index is 1020. The smallest absolute Gasteiger partial charge is 0.250 e. The first kappa shape index (κ1) is 20.4. The van der Waals surface area contributed by atoms with Gasteiger partial charge in [0.2, 0.25) is 0 Å². The number of allylic oxidation sites excluding steroid dienone is 1. The lowest BCUT2D eigenvalue weighted by atomic mass is 10.2. The van der Waals surface area contributed by atoms with Gasteiger partial charge in [-0.15, -0.1) is 16.8 Å². The molecule has 0 aliphatic heterocycles.